The number of halogens is 2. The van der Waals surface area contributed by atoms with Crippen LogP contribution in [0.2, 0.25) is 10.0 Å². The fraction of sp³-hybridized carbons (Fsp3) is 0.241. The molecule has 5 rings (SSSR count). The highest BCUT2D eigenvalue weighted by atomic mass is 35.5. The van der Waals surface area contributed by atoms with Crippen molar-refractivity contribution < 1.29 is 14.3 Å². The molecule has 9 heteroatoms. The molecule has 2 unspecified atom stereocenters. The summed E-state index contributed by atoms with van der Waals surface area (Å²) in [6.45, 7) is -0.425. The standard InChI is InChI=1S/C29H25Cl2N3O3S/c1-38-28-24(6-3-15-32-28)29(36)37-17-25(35)34-27(19-9-13-22(31)14-10-19)23-5-2-4-20(26(23)33-34)16-18-7-11-21(30)12-8-18/h3,6-16,23,27H,2,4-5,17H2,1H3. The molecule has 6 nitrogen and oxygen atoms in total. The topological polar surface area (TPSA) is 71.9 Å². The molecule has 2 heterocycles. The Labute approximate surface area is 235 Å². The van der Waals surface area contributed by atoms with Crippen LogP contribution >= 0.6 is 35.0 Å². The van der Waals surface area contributed by atoms with Crippen LogP contribution in [0.1, 0.15) is 46.8 Å². The van der Waals surface area contributed by atoms with Gasteiger partial charge in [0.05, 0.1) is 17.3 Å². The van der Waals surface area contributed by atoms with Gasteiger partial charge in [0.15, 0.2) is 6.61 Å². The van der Waals surface area contributed by atoms with E-state index in [1.54, 1.807) is 18.3 Å². The van der Waals surface area contributed by atoms with E-state index in [1.807, 2.05) is 54.8 Å². The zero-order chi connectivity index (χ0) is 26.6. The van der Waals surface area contributed by atoms with Gasteiger partial charge < -0.3 is 4.74 Å². The van der Waals surface area contributed by atoms with Crippen LogP contribution in [0.5, 0.6) is 0 Å². The zero-order valence-electron chi connectivity index (χ0n) is 20.6. The molecule has 2 aromatic carbocycles. The van der Waals surface area contributed by atoms with Crippen molar-refractivity contribution in [3.8, 4) is 0 Å². The van der Waals surface area contributed by atoms with Gasteiger partial charge in [-0.1, -0.05) is 47.5 Å². The SMILES string of the molecule is CSc1ncccc1C(=O)OCC(=O)N1N=C2C(=Cc3ccc(Cl)cc3)CCCC2C1c1ccc(Cl)cc1. The first-order valence-electron chi connectivity index (χ1n) is 12.2. The number of benzene rings is 2. The minimum Gasteiger partial charge on any atom is -0.452 e. The van der Waals surface area contributed by atoms with Crippen LogP contribution in [-0.2, 0) is 9.53 Å². The normalized spacial score (nSPS) is 19.7. The van der Waals surface area contributed by atoms with Crippen LogP contribution in [0.25, 0.3) is 6.08 Å². The van der Waals surface area contributed by atoms with Crippen LogP contribution < -0.4 is 0 Å². The highest BCUT2D eigenvalue weighted by molar-refractivity contribution is 7.98. The van der Waals surface area contributed by atoms with Crippen LogP contribution in [0.4, 0.5) is 0 Å². The lowest BCUT2D eigenvalue weighted by molar-refractivity contribution is -0.137. The Morgan fingerprint density at radius 2 is 1.79 bits per heavy atom. The van der Waals surface area contributed by atoms with Crippen molar-refractivity contribution in [3.05, 3.63) is 99.2 Å². The summed E-state index contributed by atoms with van der Waals surface area (Å²) in [5, 5.41) is 8.16. The van der Waals surface area contributed by atoms with Gasteiger partial charge in [-0.05, 0) is 84.7 Å². The van der Waals surface area contributed by atoms with Gasteiger partial charge in [-0.25, -0.2) is 14.8 Å². The summed E-state index contributed by atoms with van der Waals surface area (Å²) in [7, 11) is 0. The first kappa shape index (κ1) is 26.5. The molecule has 0 saturated heterocycles. The van der Waals surface area contributed by atoms with E-state index in [0.29, 0.717) is 20.6 Å². The average molecular weight is 567 g/mol. The Bertz CT molecular complexity index is 1410. The van der Waals surface area contributed by atoms with Gasteiger partial charge in [0, 0.05) is 22.2 Å². The molecule has 1 aliphatic heterocycles. The van der Waals surface area contributed by atoms with E-state index in [9.17, 15) is 9.59 Å². The monoisotopic (exact) mass is 565 g/mol. The molecule has 0 spiro atoms. The van der Waals surface area contributed by atoms with Crippen molar-refractivity contribution in [2.75, 3.05) is 12.9 Å². The number of carbonyl (C=O) groups is 2. The quantitative estimate of drug-likeness (QED) is 0.235. The van der Waals surface area contributed by atoms with Gasteiger partial charge >= 0.3 is 5.97 Å². The van der Waals surface area contributed by atoms with Gasteiger partial charge in [0.1, 0.15) is 5.03 Å². The molecule has 0 N–H and O–H groups in total. The molecule has 194 valence electrons. The number of amides is 1. The van der Waals surface area contributed by atoms with Crippen LogP contribution in [0, 0.1) is 5.92 Å². The maximum absolute atomic E-state index is 13.5. The molecule has 1 amide bonds. The maximum Gasteiger partial charge on any atom is 0.341 e. The number of hydrogen-bond acceptors (Lipinski definition) is 6. The third-order valence-corrected chi connectivity index (χ3v) is 7.91. The van der Waals surface area contributed by atoms with E-state index in [0.717, 1.165) is 41.7 Å². The van der Waals surface area contributed by atoms with Crippen molar-refractivity contribution in [3.63, 3.8) is 0 Å². The molecule has 1 aliphatic carbocycles. The zero-order valence-corrected chi connectivity index (χ0v) is 23.0. The summed E-state index contributed by atoms with van der Waals surface area (Å²) in [6.07, 6.45) is 8.28. The van der Waals surface area contributed by atoms with E-state index in [4.69, 9.17) is 33.0 Å². The number of ether oxygens (including phenoxy) is 1. The summed E-state index contributed by atoms with van der Waals surface area (Å²) in [4.78, 5) is 30.4. The van der Waals surface area contributed by atoms with E-state index in [2.05, 4.69) is 11.1 Å². The summed E-state index contributed by atoms with van der Waals surface area (Å²) in [6, 6.07) is 18.1. The molecular formula is C29H25Cl2N3O3S. The van der Waals surface area contributed by atoms with Gasteiger partial charge in [0.2, 0.25) is 0 Å². The van der Waals surface area contributed by atoms with E-state index < -0.39 is 12.6 Å². The van der Waals surface area contributed by atoms with Crippen LogP contribution in [-0.4, -0.2) is 40.4 Å². The highest BCUT2D eigenvalue weighted by Gasteiger charge is 2.43. The first-order chi connectivity index (χ1) is 18.4. The number of hydrazone groups is 1. The molecule has 0 radical (unpaired) electrons. The minimum absolute atomic E-state index is 0.0181. The largest absolute Gasteiger partial charge is 0.452 e. The van der Waals surface area contributed by atoms with Crippen molar-refractivity contribution in [2.24, 2.45) is 11.0 Å². The predicted molar refractivity (Wildman–Crippen MR) is 152 cm³/mol. The number of rotatable bonds is 6. The average Bonchev–Trinajstić information content (AvgIpc) is 3.34. The number of pyridine rings is 1. The van der Waals surface area contributed by atoms with Crippen molar-refractivity contribution in [1.29, 1.82) is 0 Å². The van der Waals surface area contributed by atoms with E-state index >= 15 is 0 Å². The first-order valence-corrected chi connectivity index (χ1v) is 14.2. The van der Waals surface area contributed by atoms with E-state index in [-0.39, 0.29) is 17.9 Å². The van der Waals surface area contributed by atoms with Crippen molar-refractivity contribution in [1.82, 2.24) is 9.99 Å². The number of aromatic nitrogens is 1. The summed E-state index contributed by atoms with van der Waals surface area (Å²) >= 11 is 13.6. The number of allylic oxidation sites excluding steroid dienone is 1. The van der Waals surface area contributed by atoms with Crippen molar-refractivity contribution in [2.45, 2.75) is 30.3 Å². The van der Waals surface area contributed by atoms with Gasteiger partial charge in [0.25, 0.3) is 5.91 Å². The third kappa shape index (κ3) is 5.65. The second-order valence-electron chi connectivity index (χ2n) is 9.08. The molecule has 1 saturated carbocycles. The Morgan fingerprint density at radius 1 is 1.08 bits per heavy atom. The Kier molecular flexibility index (Phi) is 8.17. The lowest BCUT2D eigenvalue weighted by Gasteiger charge is -2.29. The van der Waals surface area contributed by atoms with E-state index in [1.165, 1.54) is 16.8 Å². The van der Waals surface area contributed by atoms with Gasteiger partial charge in [-0.3, -0.25) is 4.79 Å². The van der Waals surface area contributed by atoms with Crippen LogP contribution in [0.15, 0.2) is 82.6 Å². The fourth-order valence-corrected chi connectivity index (χ4v) is 5.73. The molecular weight excluding hydrogens is 541 g/mol. The molecule has 3 aromatic rings. The summed E-state index contributed by atoms with van der Waals surface area (Å²) in [5.74, 6) is -0.961. The molecule has 38 heavy (non-hydrogen) atoms. The van der Waals surface area contributed by atoms with Crippen LogP contribution in [0.3, 0.4) is 0 Å². The number of carbonyl (C=O) groups excluding carboxylic acids is 2. The number of fused-ring (bicyclic) bond motifs is 1. The van der Waals surface area contributed by atoms with Crippen molar-refractivity contribution >= 4 is 58.6 Å². The molecule has 1 fully saturated rings. The summed E-state index contributed by atoms with van der Waals surface area (Å²) < 4.78 is 5.43. The third-order valence-electron chi connectivity index (χ3n) is 6.69. The molecule has 2 aliphatic rings. The Morgan fingerprint density at radius 3 is 2.50 bits per heavy atom. The molecule has 2 atom stereocenters. The fourth-order valence-electron chi connectivity index (χ4n) is 4.94. The second kappa shape index (κ2) is 11.7. The van der Waals surface area contributed by atoms with Gasteiger partial charge in [-0.2, -0.15) is 5.10 Å². The Hall–Kier alpha value is -3.13. The number of hydrogen-bond donors (Lipinski definition) is 0. The smallest absolute Gasteiger partial charge is 0.341 e. The molecule has 0 bridgehead atoms. The predicted octanol–water partition coefficient (Wildman–Crippen LogP) is 7.09. The minimum atomic E-state index is -0.591. The van der Waals surface area contributed by atoms with Gasteiger partial charge in [-0.15, -0.1) is 11.8 Å². The Balaban J connectivity index is 1.43. The molecule has 1 aromatic heterocycles. The maximum atomic E-state index is 13.5. The number of thioether (sulfide) groups is 1. The second-order valence-corrected chi connectivity index (χ2v) is 10.7. The number of nitrogens with zero attached hydrogens (tertiary/aromatic N) is 3. The number of esters is 1. The lowest BCUT2D eigenvalue weighted by atomic mass is 9.77. The summed E-state index contributed by atoms with van der Waals surface area (Å²) in [5.41, 5.74) is 4.27. The highest BCUT2D eigenvalue weighted by Crippen LogP contribution is 2.44. The lowest BCUT2D eigenvalue weighted by Crippen LogP contribution is -2.34.